The zero-order chi connectivity index (χ0) is 19.2. The van der Waals surface area contributed by atoms with Crippen LogP contribution in [-0.4, -0.2) is 73.1 Å². The van der Waals surface area contributed by atoms with Crippen molar-refractivity contribution in [3.05, 3.63) is 29.8 Å². The number of carbonyl (C=O) groups excluding carboxylic acids is 1. The summed E-state index contributed by atoms with van der Waals surface area (Å²) < 4.78 is 0. The number of benzene rings is 1. The van der Waals surface area contributed by atoms with Crippen molar-refractivity contribution in [2.45, 2.75) is 31.7 Å². The second kappa shape index (κ2) is 6.82. The quantitative estimate of drug-likeness (QED) is 0.879. The van der Waals surface area contributed by atoms with E-state index in [2.05, 4.69) is 4.90 Å². The summed E-state index contributed by atoms with van der Waals surface area (Å²) in [6, 6.07) is 8.09. The van der Waals surface area contributed by atoms with E-state index in [-0.39, 0.29) is 11.8 Å². The van der Waals surface area contributed by atoms with Gasteiger partial charge in [-0.3, -0.25) is 14.5 Å². The molecule has 6 nitrogen and oxygen atoms in total. The van der Waals surface area contributed by atoms with Crippen LogP contribution in [0, 0.1) is 11.3 Å². The van der Waals surface area contributed by atoms with E-state index in [1.54, 1.807) is 4.90 Å². The SMILES string of the molecule is CN(C)c1ccccc1C(=O)N1C[C@H]2CN(C3CCCC3)C[C@@]2(C(=O)O)C1. The molecular formula is C21H29N3O3. The standard InChI is InChI=1S/C21H29N3O3/c1-22(2)18-10-6-5-9-17(18)19(25)24-12-15-11-23(16-7-3-4-8-16)13-21(15,14-24)20(26)27/h5-6,9-10,15-16H,3-4,7-8,11-14H2,1-2H3,(H,26,27)/t15-,21-/m1/s1. The lowest BCUT2D eigenvalue weighted by Crippen LogP contribution is -2.43. The van der Waals surface area contributed by atoms with Crippen LogP contribution in [0.25, 0.3) is 0 Å². The van der Waals surface area contributed by atoms with E-state index >= 15 is 0 Å². The van der Waals surface area contributed by atoms with Gasteiger partial charge in [0, 0.05) is 57.9 Å². The molecule has 1 aromatic rings. The number of anilines is 1. The van der Waals surface area contributed by atoms with E-state index in [1.807, 2.05) is 43.3 Å². The lowest BCUT2D eigenvalue weighted by molar-refractivity contribution is -0.148. The lowest BCUT2D eigenvalue weighted by Gasteiger charge is -2.29. The van der Waals surface area contributed by atoms with Crippen LogP contribution in [0.5, 0.6) is 0 Å². The molecule has 0 unspecified atom stereocenters. The van der Waals surface area contributed by atoms with Crippen LogP contribution in [0.2, 0.25) is 0 Å². The van der Waals surface area contributed by atoms with Crippen molar-refractivity contribution in [2.75, 3.05) is 45.2 Å². The molecule has 2 aliphatic heterocycles. The Morgan fingerprint density at radius 1 is 1.11 bits per heavy atom. The first-order valence-corrected chi connectivity index (χ1v) is 9.95. The van der Waals surface area contributed by atoms with Crippen molar-refractivity contribution in [2.24, 2.45) is 11.3 Å². The Labute approximate surface area is 160 Å². The van der Waals surface area contributed by atoms with Crippen molar-refractivity contribution in [1.29, 1.82) is 0 Å². The number of likely N-dealkylation sites (tertiary alicyclic amines) is 2. The number of amides is 1. The summed E-state index contributed by atoms with van der Waals surface area (Å²) in [7, 11) is 3.84. The molecule has 0 spiro atoms. The number of hydrogen-bond donors (Lipinski definition) is 1. The maximum Gasteiger partial charge on any atom is 0.313 e. The molecule has 3 fully saturated rings. The highest BCUT2D eigenvalue weighted by Crippen LogP contribution is 2.45. The summed E-state index contributed by atoms with van der Waals surface area (Å²) >= 11 is 0. The fraction of sp³-hybridized carbons (Fsp3) is 0.619. The smallest absolute Gasteiger partial charge is 0.313 e. The van der Waals surface area contributed by atoms with Crippen LogP contribution >= 0.6 is 0 Å². The van der Waals surface area contributed by atoms with Crippen molar-refractivity contribution < 1.29 is 14.7 Å². The van der Waals surface area contributed by atoms with Gasteiger partial charge in [0.15, 0.2) is 0 Å². The van der Waals surface area contributed by atoms with Gasteiger partial charge in [-0.1, -0.05) is 25.0 Å². The van der Waals surface area contributed by atoms with Crippen LogP contribution in [0.1, 0.15) is 36.0 Å². The zero-order valence-corrected chi connectivity index (χ0v) is 16.2. The van der Waals surface area contributed by atoms with Gasteiger partial charge in [-0.25, -0.2) is 0 Å². The van der Waals surface area contributed by atoms with Crippen LogP contribution < -0.4 is 4.90 Å². The maximum atomic E-state index is 13.2. The number of fused-ring (bicyclic) bond motifs is 1. The Morgan fingerprint density at radius 3 is 2.44 bits per heavy atom. The van der Waals surface area contributed by atoms with Gasteiger partial charge >= 0.3 is 5.97 Å². The maximum absolute atomic E-state index is 13.2. The van der Waals surface area contributed by atoms with E-state index in [0.717, 1.165) is 12.2 Å². The number of carbonyl (C=O) groups is 2. The molecule has 2 heterocycles. The Hall–Kier alpha value is -2.08. The van der Waals surface area contributed by atoms with Crippen LogP contribution in [-0.2, 0) is 4.79 Å². The molecule has 27 heavy (non-hydrogen) atoms. The van der Waals surface area contributed by atoms with Crippen LogP contribution in [0.3, 0.4) is 0 Å². The highest BCUT2D eigenvalue weighted by molar-refractivity contribution is 6.00. The largest absolute Gasteiger partial charge is 0.481 e. The molecule has 2 saturated heterocycles. The number of aliphatic carboxylic acids is 1. The number of rotatable bonds is 4. The van der Waals surface area contributed by atoms with Crippen molar-refractivity contribution in [3.8, 4) is 0 Å². The van der Waals surface area contributed by atoms with Crippen molar-refractivity contribution >= 4 is 17.6 Å². The topological polar surface area (TPSA) is 64.1 Å². The lowest BCUT2D eigenvalue weighted by atomic mass is 9.81. The molecule has 0 bridgehead atoms. The predicted molar refractivity (Wildman–Crippen MR) is 104 cm³/mol. The van der Waals surface area contributed by atoms with Gasteiger partial charge in [-0.05, 0) is 25.0 Å². The third-order valence-corrected chi connectivity index (χ3v) is 6.81. The van der Waals surface area contributed by atoms with Gasteiger partial charge in [0.25, 0.3) is 5.91 Å². The minimum Gasteiger partial charge on any atom is -0.481 e. The Balaban J connectivity index is 1.55. The summed E-state index contributed by atoms with van der Waals surface area (Å²) in [4.78, 5) is 31.6. The molecule has 1 N–H and O–H groups in total. The number of nitrogens with zero attached hydrogens (tertiary/aromatic N) is 3. The normalized spacial score (nSPS) is 28.5. The minimum absolute atomic E-state index is 0.0195. The molecule has 1 aromatic carbocycles. The van der Waals surface area contributed by atoms with Gasteiger partial charge in [0.05, 0.1) is 5.56 Å². The van der Waals surface area contributed by atoms with Gasteiger partial charge in [0.1, 0.15) is 5.41 Å². The van der Waals surface area contributed by atoms with E-state index in [9.17, 15) is 14.7 Å². The minimum atomic E-state index is -0.814. The van der Waals surface area contributed by atoms with Crippen molar-refractivity contribution in [1.82, 2.24) is 9.80 Å². The average molecular weight is 371 g/mol. The third-order valence-electron chi connectivity index (χ3n) is 6.81. The Kier molecular flexibility index (Phi) is 4.62. The first kappa shape index (κ1) is 18.3. The first-order chi connectivity index (χ1) is 12.9. The van der Waals surface area contributed by atoms with Crippen LogP contribution in [0.15, 0.2) is 24.3 Å². The van der Waals surface area contributed by atoms with E-state index in [1.165, 1.54) is 25.7 Å². The number of para-hydroxylation sites is 1. The average Bonchev–Trinajstić information content (AvgIpc) is 3.35. The first-order valence-electron chi connectivity index (χ1n) is 9.95. The highest BCUT2D eigenvalue weighted by Gasteiger charge is 2.59. The fourth-order valence-corrected chi connectivity index (χ4v) is 5.32. The van der Waals surface area contributed by atoms with Gasteiger partial charge in [-0.2, -0.15) is 0 Å². The van der Waals surface area contributed by atoms with E-state index < -0.39 is 11.4 Å². The molecule has 146 valence electrons. The number of carboxylic acid groups (broad SMARTS) is 1. The van der Waals surface area contributed by atoms with Crippen LogP contribution in [0.4, 0.5) is 5.69 Å². The number of carboxylic acids is 1. The summed E-state index contributed by atoms with van der Waals surface area (Å²) in [5.41, 5.74) is 0.706. The predicted octanol–water partition coefficient (Wildman–Crippen LogP) is 2.15. The molecule has 3 aliphatic rings. The molecule has 4 rings (SSSR count). The summed E-state index contributed by atoms with van der Waals surface area (Å²) in [5, 5.41) is 10.1. The van der Waals surface area contributed by atoms with Gasteiger partial charge < -0.3 is 14.9 Å². The molecule has 1 amide bonds. The summed E-state index contributed by atoms with van der Waals surface area (Å²) in [6.07, 6.45) is 4.86. The Bertz CT molecular complexity index is 744. The molecule has 0 radical (unpaired) electrons. The fourth-order valence-electron chi connectivity index (χ4n) is 5.32. The second-order valence-corrected chi connectivity index (χ2v) is 8.62. The summed E-state index contributed by atoms with van der Waals surface area (Å²) in [6.45, 7) is 2.24. The zero-order valence-electron chi connectivity index (χ0n) is 16.2. The molecule has 1 aliphatic carbocycles. The van der Waals surface area contributed by atoms with E-state index in [0.29, 0.717) is 31.2 Å². The molecular weight excluding hydrogens is 342 g/mol. The second-order valence-electron chi connectivity index (χ2n) is 8.62. The number of hydrogen-bond acceptors (Lipinski definition) is 4. The highest BCUT2D eigenvalue weighted by atomic mass is 16.4. The van der Waals surface area contributed by atoms with Gasteiger partial charge in [0.2, 0.25) is 0 Å². The molecule has 1 saturated carbocycles. The molecule has 2 atom stereocenters. The molecule has 0 aromatic heterocycles. The monoisotopic (exact) mass is 371 g/mol. The van der Waals surface area contributed by atoms with Crippen molar-refractivity contribution in [3.63, 3.8) is 0 Å². The van der Waals surface area contributed by atoms with Gasteiger partial charge in [-0.15, -0.1) is 0 Å². The van der Waals surface area contributed by atoms with E-state index in [4.69, 9.17) is 0 Å². The molecule has 6 heteroatoms. The summed E-state index contributed by atoms with van der Waals surface area (Å²) in [5.74, 6) is -0.781. The third kappa shape index (κ3) is 3.00. The Morgan fingerprint density at radius 2 is 1.81 bits per heavy atom.